The molecule has 5 aromatic rings. The fourth-order valence-electron chi connectivity index (χ4n) is 4.69. The van der Waals surface area contributed by atoms with E-state index in [-0.39, 0.29) is 23.3 Å². The van der Waals surface area contributed by atoms with Crippen LogP contribution in [0.2, 0.25) is 0 Å². The van der Waals surface area contributed by atoms with Gasteiger partial charge >= 0.3 is 5.69 Å². The van der Waals surface area contributed by atoms with E-state index in [1.165, 1.54) is 7.11 Å². The van der Waals surface area contributed by atoms with Crippen LogP contribution in [0.3, 0.4) is 0 Å². The maximum atomic E-state index is 13.5. The number of aromatic nitrogens is 4. The highest BCUT2D eigenvalue weighted by Crippen LogP contribution is 2.33. The van der Waals surface area contributed by atoms with Gasteiger partial charge in [-0.05, 0) is 48.4 Å². The van der Waals surface area contributed by atoms with E-state index in [1.54, 1.807) is 41.8 Å². The van der Waals surface area contributed by atoms with E-state index in [1.807, 2.05) is 49.4 Å². The van der Waals surface area contributed by atoms with Crippen molar-refractivity contribution >= 4 is 37.6 Å². The number of methoxy groups -OCH3 is 2. The van der Waals surface area contributed by atoms with Crippen LogP contribution < -0.4 is 19.9 Å². The van der Waals surface area contributed by atoms with Crippen LogP contribution >= 0.6 is 0 Å². The average molecular weight is 534 g/mol. The van der Waals surface area contributed by atoms with Crippen molar-refractivity contribution in [3.63, 3.8) is 0 Å². The minimum atomic E-state index is -3.54. The lowest BCUT2D eigenvalue weighted by atomic mass is 10.0. The maximum Gasteiger partial charge on any atom is 0.329 e. The Kier molecular flexibility index (Phi) is 6.31. The van der Waals surface area contributed by atoms with Gasteiger partial charge in [-0.1, -0.05) is 18.2 Å². The summed E-state index contributed by atoms with van der Waals surface area (Å²) in [6.45, 7) is 1.97. The quantitative estimate of drug-likeness (QED) is 0.337. The van der Waals surface area contributed by atoms with Crippen molar-refractivity contribution in [2.45, 2.75) is 13.0 Å². The summed E-state index contributed by atoms with van der Waals surface area (Å²) in [6.07, 6.45) is 4.40. The number of aryl methyl sites for hydroxylation is 1. The highest BCUT2D eigenvalue weighted by atomic mass is 32.2. The average Bonchev–Trinajstić information content (AvgIpc) is 3.17. The standard InChI is InChI=1S/C27H27N5O5S/c1-16(17-6-9-20(36-3)10-7-17)32-24-15-28-22-11-8-18(12-21(22)25(24)31(2)27(32)33)19-13-23(30-38(5,34)35)26(37-4)29-14-19/h6-16,30H,1-5H3. The molecule has 1 atom stereocenters. The molecule has 3 aromatic heterocycles. The Hall–Kier alpha value is -4.38. The van der Waals surface area contributed by atoms with E-state index >= 15 is 0 Å². The summed E-state index contributed by atoms with van der Waals surface area (Å²) >= 11 is 0. The zero-order valence-corrected chi connectivity index (χ0v) is 22.4. The van der Waals surface area contributed by atoms with Crippen LogP contribution in [0.5, 0.6) is 11.6 Å². The molecular weight excluding hydrogens is 506 g/mol. The molecule has 0 bridgehead atoms. The van der Waals surface area contributed by atoms with Gasteiger partial charge in [0.1, 0.15) is 11.4 Å². The molecule has 0 radical (unpaired) electrons. The monoisotopic (exact) mass is 533 g/mol. The number of rotatable bonds is 7. The molecule has 0 aliphatic heterocycles. The Balaban J connectivity index is 1.67. The summed E-state index contributed by atoms with van der Waals surface area (Å²) in [7, 11) is 1.24. The highest BCUT2D eigenvalue weighted by Gasteiger charge is 2.20. The normalized spacial score (nSPS) is 12.6. The second kappa shape index (κ2) is 9.49. The molecule has 196 valence electrons. The number of hydrogen-bond acceptors (Lipinski definition) is 7. The van der Waals surface area contributed by atoms with Crippen LogP contribution in [-0.2, 0) is 17.1 Å². The van der Waals surface area contributed by atoms with E-state index in [0.29, 0.717) is 11.1 Å². The third-order valence-corrected chi connectivity index (χ3v) is 7.16. The summed E-state index contributed by atoms with van der Waals surface area (Å²) in [5.41, 5.74) is 4.67. The van der Waals surface area contributed by atoms with Crippen LogP contribution in [0.4, 0.5) is 5.69 Å². The Morgan fingerprint density at radius 1 is 0.947 bits per heavy atom. The fourth-order valence-corrected chi connectivity index (χ4v) is 5.23. The molecule has 11 heteroatoms. The second-order valence-corrected chi connectivity index (χ2v) is 10.8. The number of ether oxygens (including phenoxy) is 2. The van der Waals surface area contributed by atoms with Crippen LogP contribution in [-0.4, -0.2) is 48.0 Å². The summed E-state index contributed by atoms with van der Waals surface area (Å²) < 4.78 is 40.0. The Bertz CT molecular complexity index is 1840. The third kappa shape index (κ3) is 4.45. The van der Waals surface area contributed by atoms with Crippen molar-refractivity contribution in [3.05, 3.63) is 77.0 Å². The zero-order valence-electron chi connectivity index (χ0n) is 21.6. The lowest BCUT2D eigenvalue weighted by Gasteiger charge is -2.15. The minimum absolute atomic E-state index is 0.159. The first kappa shape index (κ1) is 25.3. The molecule has 10 nitrogen and oxygen atoms in total. The van der Waals surface area contributed by atoms with Crippen molar-refractivity contribution in [3.8, 4) is 22.8 Å². The Morgan fingerprint density at radius 3 is 2.34 bits per heavy atom. The maximum absolute atomic E-state index is 13.5. The van der Waals surface area contributed by atoms with Gasteiger partial charge in [-0.2, -0.15) is 0 Å². The van der Waals surface area contributed by atoms with E-state index in [0.717, 1.165) is 39.6 Å². The van der Waals surface area contributed by atoms with Gasteiger partial charge in [-0.15, -0.1) is 0 Å². The van der Waals surface area contributed by atoms with Crippen molar-refractivity contribution in [1.29, 1.82) is 0 Å². The van der Waals surface area contributed by atoms with Crippen LogP contribution in [0.15, 0.2) is 65.7 Å². The van der Waals surface area contributed by atoms with Gasteiger partial charge in [0.05, 0.1) is 49.3 Å². The van der Waals surface area contributed by atoms with E-state index in [2.05, 4.69) is 14.7 Å². The van der Waals surface area contributed by atoms with E-state index in [4.69, 9.17) is 9.47 Å². The first-order valence-electron chi connectivity index (χ1n) is 11.8. The topological polar surface area (TPSA) is 117 Å². The molecule has 2 aromatic carbocycles. The summed E-state index contributed by atoms with van der Waals surface area (Å²) in [5.74, 6) is 0.908. The van der Waals surface area contributed by atoms with Gasteiger partial charge in [-0.3, -0.25) is 18.8 Å². The molecule has 0 fully saturated rings. The third-order valence-electron chi connectivity index (χ3n) is 6.57. The predicted octanol–water partition coefficient (Wildman–Crippen LogP) is 3.95. The Morgan fingerprint density at radius 2 is 1.68 bits per heavy atom. The molecular formula is C27H27N5O5S. The number of nitrogens with one attached hydrogen (secondary N) is 1. The first-order chi connectivity index (χ1) is 18.1. The zero-order chi connectivity index (χ0) is 27.2. The van der Waals surface area contributed by atoms with Crippen LogP contribution in [0.1, 0.15) is 18.5 Å². The lowest BCUT2D eigenvalue weighted by molar-refractivity contribution is 0.400. The molecule has 0 saturated carbocycles. The molecule has 0 spiro atoms. The number of fused-ring (bicyclic) bond motifs is 3. The molecule has 0 aliphatic rings. The summed E-state index contributed by atoms with van der Waals surface area (Å²) in [4.78, 5) is 22.4. The van der Waals surface area contributed by atoms with Crippen molar-refractivity contribution in [1.82, 2.24) is 19.1 Å². The number of nitrogens with zero attached hydrogens (tertiary/aromatic N) is 4. The smallest absolute Gasteiger partial charge is 0.329 e. The molecule has 5 rings (SSSR count). The Labute approximate surface area is 219 Å². The van der Waals surface area contributed by atoms with Gasteiger partial charge in [0.15, 0.2) is 0 Å². The van der Waals surface area contributed by atoms with Gasteiger partial charge < -0.3 is 9.47 Å². The van der Waals surface area contributed by atoms with Crippen molar-refractivity contribution in [2.75, 3.05) is 25.2 Å². The SMILES string of the molecule is COc1ccc(C(C)n2c(=O)n(C)c3c4cc(-c5cnc(OC)c(NS(C)(=O)=O)c5)ccc4ncc32)cc1. The molecule has 0 amide bonds. The highest BCUT2D eigenvalue weighted by molar-refractivity contribution is 7.92. The predicted molar refractivity (Wildman–Crippen MR) is 148 cm³/mol. The van der Waals surface area contributed by atoms with E-state index < -0.39 is 10.0 Å². The van der Waals surface area contributed by atoms with Gasteiger partial charge in [-0.25, -0.2) is 18.2 Å². The molecule has 38 heavy (non-hydrogen) atoms. The first-order valence-corrected chi connectivity index (χ1v) is 13.7. The fraction of sp³-hybridized carbons (Fsp3) is 0.222. The number of sulfonamides is 1. The number of hydrogen-bond donors (Lipinski definition) is 1. The molecule has 1 unspecified atom stereocenters. The summed E-state index contributed by atoms with van der Waals surface area (Å²) in [6, 6.07) is 14.7. The summed E-state index contributed by atoms with van der Waals surface area (Å²) in [5, 5.41) is 0.786. The number of benzene rings is 2. The van der Waals surface area contributed by atoms with Gasteiger partial charge in [0, 0.05) is 24.2 Å². The molecule has 0 saturated heterocycles. The van der Waals surface area contributed by atoms with Crippen molar-refractivity contribution in [2.24, 2.45) is 7.05 Å². The lowest BCUT2D eigenvalue weighted by Crippen LogP contribution is -2.25. The molecule has 3 heterocycles. The van der Waals surface area contributed by atoms with Crippen molar-refractivity contribution < 1.29 is 17.9 Å². The largest absolute Gasteiger partial charge is 0.497 e. The minimum Gasteiger partial charge on any atom is -0.497 e. The van der Waals surface area contributed by atoms with E-state index in [9.17, 15) is 13.2 Å². The number of pyridine rings is 2. The number of anilines is 1. The number of imidazole rings is 1. The molecule has 1 N–H and O–H groups in total. The van der Waals surface area contributed by atoms with Gasteiger partial charge in [0.25, 0.3) is 0 Å². The molecule has 0 aliphatic carbocycles. The van der Waals surface area contributed by atoms with Crippen LogP contribution in [0, 0.1) is 0 Å². The van der Waals surface area contributed by atoms with Gasteiger partial charge in [0.2, 0.25) is 15.9 Å². The second-order valence-electron chi connectivity index (χ2n) is 9.04. The van der Waals surface area contributed by atoms with Crippen LogP contribution in [0.25, 0.3) is 33.1 Å².